The first-order chi connectivity index (χ1) is 27.9. The van der Waals surface area contributed by atoms with Crippen molar-refractivity contribution in [2.45, 2.75) is 33.1 Å². The van der Waals surface area contributed by atoms with E-state index in [2.05, 4.69) is 185 Å². The summed E-state index contributed by atoms with van der Waals surface area (Å²) in [7, 11) is 0. The lowest BCUT2D eigenvalue weighted by molar-refractivity contribution is 0.661. The summed E-state index contributed by atoms with van der Waals surface area (Å²) in [5.74, 6) is 0. The van der Waals surface area contributed by atoms with Crippen LogP contribution in [-0.2, 0) is 5.41 Å². The molecule has 0 unspecified atom stereocenters. The first-order valence-corrected chi connectivity index (χ1v) is 20.3. The molecule has 0 heterocycles. The quantitative estimate of drug-likeness (QED) is 0.156. The van der Waals surface area contributed by atoms with Gasteiger partial charge in [0.2, 0.25) is 0 Å². The van der Waals surface area contributed by atoms with Crippen LogP contribution in [-0.4, -0.2) is 0 Å². The normalized spacial score (nSPS) is 13.8. The Hall–Kier alpha value is -6.76. The molecule has 0 nitrogen and oxygen atoms in total. The molecule has 3 aliphatic carbocycles. The molecule has 3 aliphatic rings. The highest BCUT2D eigenvalue weighted by atomic mass is 14.4. The van der Waals surface area contributed by atoms with Crippen molar-refractivity contribution >= 4 is 43.1 Å². The fourth-order valence-electron chi connectivity index (χ4n) is 11.3. The zero-order valence-corrected chi connectivity index (χ0v) is 32.5. The van der Waals surface area contributed by atoms with Crippen molar-refractivity contribution in [2.24, 2.45) is 0 Å². The maximum absolute atomic E-state index is 2.53. The number of fused-ring (bicyclic) bond motifs is 11. The molecule has 10 aromatic carbocycles. The molecule has 0 saturated heterocycles. The lowest BCUT2D eigenvalue weighted by Gasteiger charge is -2.23. The van der Waals surface area contributed by atoms with E-state index < -0.39 is 0 Å². The summed E-state index contributed by atoms with van der Waals surface area (Å²) < 4.78 is 0. The van der Waals surface area contributed by atoms with Crippen molar-refractivity contribution in [3.05, 3.63) is 180 Å². The zero-order chi connectivity index (χ0) is 37.9. The predicted octanol–water partition coefficient (Wildman–Crippen LogP) is 15.9. The maximum Gasteiger partial charge on any atom is 0.0159 e. The second-order valence-electron chi connectivity index (χ2n) is 17.2. The van der Waals surface area contributed by atoms with Gasteiger partial charge in [-0.3, -0.25) is 0 Å². The van der Waals surface area contributed by atoms with Gasteiger partial charge in [0.25, 0.3) is 0 Å². The molecule has 0 spiro atoms. The van der Waals surface area contributed by atoms with Gasteiger partial charge in [0, 0.05) is 5.41 Å². The third-order valence-corrected chi connectivity index (χ3v) is 14.2. The van der Waals surface area contributed by atoms with Crippen LogP contribution in [0.4, 0.5) is 0 Å². The highest BCUT2D eigenvalue weighted by Gasteiger charge is 2.37. The van der Waals surface area contributed by atoms with E-state index in [1.807, 2.05) is 0 Å². The van der Waals surface area contributed by atoms with Gasteiger partial charge >= 0.3 is 0 Å². The molecule has 0 amide bonds. The Morgan fingerprint density at radius 3 is 1.30 bits per heavy atom. The van der Waals surface area contributed by atoms with Crippen molar-refractivity contribution in [1.82, 2.24) is 0 Å². The minimum absolute atomic E-state index is 0.140. The third kappa shape index (κ3) is 3.93. The van der Waals surface area contributed by atoms with Crippen LogP contribution in [0.15, 0.2) is 158 Å². The number of hydrogen-bond acceptors (Lipinski definition) is 0. The minimum Gasteiger partial charge on any atom is -0.0616 e. The van der Waals surface area contributed by atoms with E-state index in [1.54, 1.807) is 0 Å². The summed E-state index contributed by atoms with van der Waals surface area (Å²) in [4.78, 5) is 0. The summed E-state index contributed by atoms with van der Waals surface area (Å²) in [6.45, 7) is 9.51. The van der Waals surface area contributed by atoms with Crippen LogP contribution in [0.5, 0.6) is 0 Å². The van der Waals surface area contributed by atoms with Crippen LogP contribution in [0.25, 0.3) is 121 Å². The smallest absolute Gasteiger partial charge is 0.0159 e. The van der Waals surface area contributed by atoms with Crippen molar-refractivity contribution in [3.8, 4) is 77.9 Å². The van der Waals surface area contributed by atoms with Crippen molar-refractivity contribution in [1.29, 1.82) is 0 Å². The van der Waals surface area contributed by atoms with Crippen LogP contribution in [0.1, 0.15) is 36.1 Å². The molecule has 0 aliphatic heterocycles. The number of hydrogen-bond donors (Lipinski definition) is 0. The molecule has 10 aromatic rings. The average molecular weight is 723 g/mol. The lowest BCUT2D eigenvalue weighted by atomic mass is 9.80. The minimum atomic E-state index is -0.140. The Bertz CT molecular complexity index is 3440. The molecular weight excluding hydrogens is 685 g/mol. The van der Waals surface area contributed by atoms with E-state index in [1.165, 1.54) is 143 Å². The molecule has 57 heavy (non-hydrogen) atoms. The molecule has 13 rings (SSSR count). The molecule has 0 bridgehead atoms. The molecular formula is C57H38. The van der Waals surface area contributed by atoms with Gasteiger partial charge in [-0.15, -0.1) is 0 Å². The van der Waals surface area contributed by atoms with Gasteiger partial charge in [-0.05, 0) is 181 Å². The summed E-state index contributed by atoms with van der Waals surface area (Å²) in [5, 5.41) is 10.8. The van der Waals surface area contributed by atoms with Gasteiger partial charge in [0.1, 0.15) is 0 Å². The first kappa shape index (κ1) is 31.4. The van der Waals surface area contributed by atoms with Crippen molar-refractivity contribution < 1.29 is 0 Å². The SMILES string of the molecule is Cc1c2ccc(-c3ccc4c5c(cccc35)-c3ccccc3-4)cc2c(C)c2cc3c(cc12)-c1ccc(-c2ccc4c5c(cccc25)-c2ccccc2-4)cc1C3(C)C. The summed E-state index contributed by atoms with van der Waals surface area (Å²) in [5.41, 5.74) is 24.1. The summed E-state index contributed by atoms with van der Waals surface area (Å²) in [6.07, 6.45) is 0. The molecule has 0 heteroatoms. The molecule has 0 saturated carbocycles. The van der Waals surface area contributed by atoms with Gasteiger partial charge in [0.05, 0.1) is 0 Å². The van der Waals surface area contributed by atoms with Gasteiger partial charge in [-0.1, -0.05) is 147 Å². The van der Waals surface area contributed by atoms with Crippen LogP contribution in [0, 0.1) is 13.8 Å². The van der Waals surface area contributed by atoms with E-state index in [9.17, 15) is 0 Å². The largest absolute Gasteiger partial charge is 0.0616 e. The lowest BCUT2D eigenvalue weighted by Crippen LogP contribution is -2.15. The molecule has 0 atom stereocenters. The number of aryl methyl sites for hydroxylation is 2. The highest BCUT2D eigenvalue weighted by molar-refractivity contribution is 6.20. The summed E-state index contributed by atoms with van der Waals surface area (Å²) >= 11 is 0. The Balaban J connectivity index is 0.951. The van der Waals surface area contributed by atoms with E-state index in [0.29, 0.717) is 0 Å². The molecule has 0 N–H and O–H groups in total. The van der Waals surface area contributed by atoms with Crippen LogP contribution >= 0.6 is 0 Å². The van der Waals surface area contributed by atoms with Crippen LogP contribution in [0.2, 0.25) is 0 Å². The van der Waals surface area contributed by atoms with Gasteiger partial charge in [-0.2, -0.15) is 0 Å². The Labute approximate surface area is 332 Å². The van der Waals surface area contributed by atoms with E-state index in [0.717, 1.165) is 0 Å². The summed E-state index contributed by atoms with van der Waals surface area (Å²) in [6, 6.07) is 60.2. The standard InChI is InChI=1S/C57H38/c1-31-35-21-19-33(36-23-25-47-40-13-7-5-11-38(40)45-17-9-15-43(36)55(45)47)27-49(35)32(2)51-30-54-52(29-50(31)51)42-22-20-34(28-53(42)57(54,3)4)37-24-26-48-41-14-8-6-12-39(41)46-18-10-16-44(37)56(46)48/h5-30H,1-4H3. The van der Waals surface area contributed by atoms with Gasteiger partial charge in [0.15, 0.2) is 0 Å². The maximum atomic E-state index is 2.53. The van der Waals surface area contributed by atoms with Crippen molar-refractivity contribution in [2.75, 3.05) is 0 Å². The molecule has 266 valence electrons. The van der Waals surface area contributed by atoms with Crippen LogP contribution in [0.3, 0.4) is 0 Å². The Morgan fingerprint density at radius 1 is 0.281 bits per heavy atom. The first-order valence-electron chi connectivity index (χ1n) is 20.3. The Morgan fingerprint density at radius 2 is 0.702 bits per heavy atom. The fourth-order valence-corrected chi connectivity index (χ4v) is 11.3. The van der Waals surface area contributed by atoms with E-state index >= 15 is 0 Å². The van der Waals surface area contributed by atoms with Gasteiger partial charge < -0.3 is 0 Å². The topological polar surface area (TPSA) is 0 Å². The van der Waals surface area contributed by atoms with E-state index in [4.69, 9.17) is 0 Å². The number of rotatable bonds is 2. The second-order valence-corrected chi connectivity index (χ2v) is 17.2. The second kappa shape index (κ2) is 10.8. The average Bonchev–Trinajstić information content (AvgIpc) is 3.84. The molecule has 0 fully saturated rings. The van der Waals surface area contributed by atoms with Crippen molar-refractivity contribution in [3.63, 3.8) is 0 Å². The third-order valence-electron chi connectivity index (χ3n) is 14.2. The van der Waals surface area contributed by atoms with Crippen LogP contribution < -0.4 is 0 Å². The molecule has 0 aromatic heterocycles. The number of benzene rings is 10. The zero-order valence-electron chi connectivity index (χ0n) is 32.5. The van der Waals surface area contributed by atoms with E-state index in [-0.39, 0.29) is 5.41 Å². The van der Waals surface area contributed by atoms with Gasteiger partial charge in [-0.25, -0.2) is 0 Å². The Kier molecular flexibility index (Phi) is 5.93. The predicted molar refractivity (Wildman–Crippen MR) is 243 cm³/mol. The molecule has 0 radical (unpaired) electrons. The highest BCUT2D eigenvalue weighted by Crippen LogP contribution is 2.54. The fraction of sp³-hybridized carbons (Fsp3) is 0.0877. The monoisotopic (exact) mass is 722 g/mol.